The lowest BCUT2D eigenvalue weighted by molar-refractivity contribution is -0.143. The maximum atomic E-state index is 11.2. The van der Waals surface area contributed by atoms with Crippen LogP contribution in [0.5, 0.6) is 5.75 Å². The molecule has 0 unspecified atom stereocenters. The first-order valence-corrected chi connectivity index (χ1v) is 7.05. The molecule has 0 heterocycles. The van der Waals surface area contributed by atoms with Crippen LogP contribution < -0.4 is 4.74 Å². The van der Waals surface area contributed by atoms with Crippen molar-refractivity contribution < 1.29 is 19.1 Å². The zero-order chi connectivity index (χ0) is 15.8. The van der Waals surface area contributed by atoms with E-state index >= 15 is 0 Å². The maximum absolute atomic E-state index is 11.2. The standard InChI is InChI=1S/C17H22O4/c1-5-20-16(19)9-7-6-8-15-10-12(2)17(13(3)11-15)21-14(4)18/h6,8,10-11H,5,7,9H2,1-4H3. The van der Waals surface area contributed by atoms with E-state index in [0.717, 1.165) is 16.7 Å². The summed E-state index contributed by atoms with van der Waals surface area (Å²) < 4.78 is 10.1. The van der Waals surface area contributed by atoms with E-state index in [1.165, 1.54) is 6.92 Å². The van der Waals surface area contributed by atoms with Gasteiger partial charge in [0, 0.05) is 13.3 Å². The number of rotatable bonds is 6. The van der Waals surface area contributed by atoms with Crippen molar-refractivity contribution in [1.29, 1.82) is 0 Å². The van der Waals surface area contributed by atoms with Crippen molar-refractivity contribution in [1.82, 2.24) is 0 Å². The Kier molecular flexibility index (Phi) is 6.66. The third-order valence-corrected chi connectivity index (χ3v) is 2.86. The van der Waals surface area contributed by atoms with Crippen LogP contribution in [0.15, 0.2) is 18.2 Å². The fraction of sp³-hybridized carbons (Fsp3) is 0.412. The number of esters is 2. The highest BCUT2D eigenvalue weighted by atomic mass is 16.5. The van der Waals surface area contributed by atoms with Crippen molar-refractivity contribution in [3.63, 3.8) is 0 Å². The Morgan fingerprint density at radius 2 is 1.81 bits per heavy atom. The molecule has 0 aromatic heterocycles. The Bertz CT molecular complexity index is 521. The van der Waals surface area contributed by atoms with Crippen LogP contribution in [0.1, 0.15) is 43.4 Å². The second kappa shape index (κ2) is 8.25. The molecule has 4 heteroatoms. The molecule has 1 aromatic rings. The minimum Gasteiger partial charge on any atom is -0.466 e. The SMILES string of the molecule is CCOC(=O)CCC=Cc1cc(C)c(OC(C)=O)c(C)c1. The summed E-state index contributed by atoms with van der Waals surface area (Å²) in [4.78, 5) is 22.3. The molecule has 0 aliphatic heterocycles. The van der Waals surface area contributed by atoms with Crippen LogP contribution in [0.4, 0.5) is 0 Å². The van der Waals surface area contributed by atoms with Crippen molar-refractivity contribution in [3.8, 4) is 5.75 Å². The Labute approximate surface area is 125 Å². The average Bonchev–Trinajstić information content (AvgIpc) is 2.39. The number of aryl methyl sites for hydroxylation is 2. The lowest BCUT2D eigenvalue weighted by Gasteiger charge is -2.10. The third kappa shape index (κ3) is 5.81. The minimum atomic E-state index is -0.320. The first-order chi connectivity index (χ1) is 9.93. The zero-order valence-electron chi connectivity index (χ0n) is 13.1. The number of hydrogen-bond donors (Lipinski definition) is 0. The smallest absolute Gasteiger partial charge is 0.308 e. The summed E-state index contributed by atoms with van der Waals surface area (Å²) in [5.74, 6) is 0.116. The number of benzene rings is 1. The largest absolute Gasteiger partial charge is 0.466 e. The molecule has 0 atom stereocenters. The molecule has 0 amide bonds. The van der Waals surface area contributed by atoms with Crippen molar-refractivity contribution in [2.45, 2.75) is 40.5 Å². The fourth-order valence-electron chi connectivity index (χ4n) is 2.04. The molecular weight excluding hydrogens is 268 g/mol. The molecular formula is C17H22O4. The van der Waals surface area contributed by atoms with Gasteiger partial charge in [0.2, 0.25) is 0 Å². The van der Waals surface area contributed by atoms with Gasteiger partial charge in [-0.2, -0.15) is 0 Å². The predicted molar refractivity (Wildman–Crippen MR) is 82.1 cm³/mol. The second-order valence-electron chi connectivity index (χ2n) is 4.82. The predicted octanol–water partition coefficient (Wildman–Crippen LogP) is 3.59. The molecule has 0 bridgehead atoms. The summed E-state index contributed by atoms with van der Waals surface area (Å²) in [6.07, 6.45) is 4.92. The highest BCUT2D eigenvalue weighted by Gasteiger charge is 2.07. The molecule has 114 valence electrons. The van der Waals surface area contributed by atoms with Gasteiger partial charge in [-0.15, -0.1) is 0 Å². The molecule has 0 spiro atoms. The van der Waals surface area contributed by atoms with Gasteiger partial charge in [-0.1, -0.05) is 12.2 Å². The van der Waals surface area contributed by atoms with Crippen molar-refractivity contribution >= 4 is 18.0 Å². The van der Waals surface area contributed by atoms with Gasteiger partial charge < -0.3 is 9.47 Å². The summed E-state index contributed by atoms with van der Waals surface area (Å²) in [6.45, 7) is 7.41. The van der Waals surface area contributed by atoms with Gasteiger partial charge in [0.25, 0.3) is 0 Å². The Balaban J connectivity index is 2.68. The van der Waals surface area contributed by atoms with Crippen molar-refractivity contribution in [2.75, 3.05) is 6.61 Å². The third-order valence-electron chi connectivity index (χ3n) is 2.86. The molecule has 0 saturated heterocycles. The number of carbonyl (C=O) groups excluding carboxylic acids is 2. The molecule has 21 heavy (non-hydrogen) atoms. The van der Waals surface area contributed by atoms with E-state index in [1.807, 2.05) is 38.1 Å². The average molecular weight is 290 g/mol. The quantitative estimate of drug-likeness (QED) is 0.593. The molecule has 0 N–H and O–H groups in total. The highest BCUT2D eigenvalue weighted by molar-refractivity contribution is 5.71. The summed E-state index contributed by atoms with van der Waals surface area (Å²) in [7, 11) is 0. The van der Waals surface area contributed by atoms with Gasteiger partial charge in [0.15, 0.2) is 0 Å². The monoisotopic (exact) mass is 290 g/mol. The molecule has 0 aliphatic rings. The Hall–Kier alpha value is -2.10. The van der Waals surface area contributed by atoms with E-state index < -0.39 is 0 Å². The molecule has 0 saturated carbocycles. The van der Waals surface area contributed by atoms with Gasteiger partial charge in [-0.05, 0) is 56.0 Å². The van der Waals surface area contributed by atoms with Crippen molar-refractivity contribution in [2.24, 2.45) is 0 Å². The van der Waals surface area contributed by atoms with E-state index in [9.17, 15) is 9.59 Å². The molecule has 0 aliphatic carbocycles. The summed E-state index contributed by atoms with van der Waals surface area (Å²) in [5.41, 5.74) is 2.84. The topological polar surface area (TPSA) is 52.6 Å². The lowest BCUT2D eigenvalue weighted by Crippen LogP contribution is -2.04. The van der Waals surface area contributed by atoms with Crippen LogP contribution in [0.25, 0.3) is 6.08 Å². The van der Waals surface area contributed by atoms with Gasteiger partial charge in [-0.3, -0.25) is 9.59 Å². The number of carbonyl (C=O) groups is 2. The fourth-order valence-corrected chi connectivity index (χ4v) is 2.04. The molecule has 0 radical (unpaired) electrons. The number of allylic oxidation sites excluding steroid dienone is 1. The van der Waals surface area contributed by atoms with E-state index in [2.05, 4.69) is 0 Å². The highest BCUT2D eigenvalue weighted by Crippen LogP contribution is 2.25. The van der Waals surface area contributed by atoms with Gasteiger partial charge in [0.1, 0.15) is 5.75 Å². The first kappa shape index (κ1) is 17.0. The van der Waals surface area contributed by atoms with E-state index in [4.69, 9.17) is 9.47 Å². The maximum Gasteiger partial charge on any atom is 0.308 e. The summed E-state index contributed by atoms with van der Waals surface area (Å²) in [6, 6.07) is 3.90. The lowest BCUT2D eigenvalue weighted by atomic mass is 10.0. The number of hydrogen-bond acceptors (Lipinski definition) is 4. The second-order valence-corrected chi connectivity index (χ2v) is 4.82. The van der Waals surface area contributed by atoms with Crippen LogP contribution in [-0.2, 0) is 14.3 Å². The molecule has 0 fully saturated rings. The van der Waals surface area contributed by atoms with E-state index in [0.29, 0.717) is 25.2 Å². The Morgan fingerprint density at radius 3 is 2.33 bits per heavy atom. The summed E-state index contributed by atoms with van der Waals surface area (Å²) >= 11 is 0. The normalized spacial score (nSPS) is 10.7. The van der Waals surface area contributed by atoms with Crippen LogP contribution in [-0.4, -0.2) is 18.5 Å². The van der Waals surface area contributed by atoms with E-state index in [1.54, 1.807) is 6.92 Å². The van der Waals surface area contributed by atoms with Crippen LogP contribution >= 0.6 is 0 Å². The van der Waals surface area contributed by atoms with Crippen LogP contribution in [0, 0.1) is 13.8 Å². The van der Waals surface area contributed by atoms with E-state index in [-0.39, 0.29) is 11.9 Å². The summed E-state index contributed by atoms with van der Waals surface area (Å²) in [5, 5.41) is 0. The van der Waals surface area contributed by atoms with Crippen molar-refractivity contribution in [3.05, 3.63) is 34.9 Å². The Morgan fingerprint density at radius 1 is 1.19 bits per heavy atom. The number of ether oxygens (including phenoxy) is 2. The van der Waals surface area contributed by atoms with Crippen LogP contribution in [0.2, 0.25) is 0 Å². The molecule has 1 rings (SSSR count). The van der Waals surface area contributed by atoms with Gasteiger partial charge in [0.05, 0.1) is 6.61 Å². The first-order valence-electron chi connectivity index (χ1n) is 7.05. The minimum absolute atomic E-state index is 0.181. The zero-order valence-corrected chi connectivity index (χ0v) is 13.1. The van der Waals surface area contributed by atoms with Gasteiger partial charge >= 0.3 is 11.9 Å². The van der Waals surface area contributed by atoms with Crippen LogP contribution in [0.3, 0.4) is 0 Å². The molecule has 4 nitrogen and oxygen atoms in total. The molecule has 1 aromatic carbocycles. The van der Waals surface area contributed by atoms with Gasteiger partial charge in [-0.25, -0.2) is 0 Å².